The third-order valence-corrected chi connectivity index (χ3v) is 1.81. The Morgan fingerprint density at radius 2 is 1.90 bits per heavy atom. The maximum Gasteiger partial charge on any atom is 0.0578 e. The molecule has 0 N–H and O–H groups in total. The molecule has 0 saturated heterocycles. The summed E-state index contributed by atoms with van der Waals surface area (Å²) in [5.41, 5.74) is 1.15. The van der Waals surface area contributed by atoms with Gasteiger partial charge in [-0.3, -0.25) is 0 Å². The summed E-state index contributed by atoms with van der Waals surface area (Å²) >= 11 is 5.09. The van der Waals surface area contributed by atoms with E-state index in [1.807, 2.05) is 30.3 Å². The van der Waals surface area contributed by atoms with E-state index in [-0.39, 0.29) is 5.25 Å². The van der Waals surface area contributed by atoms with Crippen LogP contribution < -0.4 is 0 Å². The predicted molar refractivity (Wildman–Crippen MR) is 47.0 cm³/mol. The highest BCUT2D eigenvalue weighted by Gasteiger charge is 1.98. The molecule has 1 radical (unpaired) electrons. The van der Waals surface area contributed by atoms with Gasteiger partial charge in [-0.25, -0.2) is 0 Å². The maximum absolute atomic E-state index is 5.09. The molecule has 0 aromatic heterocycles. The Hall–Kier alpha value is -0.690. The maximum atomic E-state index is 5.09. The van der Waals surface area contributed by atoms with E-state index in [1.165, 1.54) is 0 Å². The number of hydrogen-bond acceptors (Lipinski definition) is 0. The van der Waals surface area contributed by atoms with Crippen molar-refractivity contribution in [2.24, 2.45) is 0 Å². The fourth-order valence-corrected chi connectivity index (χ4v) is 0.936. The third kappa shape index (κ3) is 1.64. The molecule has 1 rings (SSSR count). The quantitative estimate of drug-likeness (QED) is 0.570. The topological polar surface area (TPSA) is 0 Å². The van der Waals surface area contributed by atoms with Gasteiger partial charge in [0.25, 0.3) is 0 Å². The zero-order valence-corrected chi connectivity index (χ0v) is 6.47. The lowest BCUT2D eigenvalue weighted by molar-refractivity contribution is 1.25. The van der Waals surface area contributed by atoms with E-state index in [0.717, 1.165) is 5.56 Å². The van der Waals surface area contributed by atoms with E-state index in [9.17, 15) is 0 Å². The van der Waals surface area contributed by atoms with Gasteiger partial charge in [-0.2, -0.15) is 0 Å². The van der Waals surface area contributed by atoms with Crippen molar-refractivity contribution < 1.29 is 0 Å². The van der Waals surface area contributed by atoms with Crippen LogP contribution in [-0.4, -0.2) is 0 Å². The first-order chi connectivity index (χ1) is 4.84. The Bertz CT molecular complexity index is 203. The highest BCUT2D eigenvalue weighted by Crippen LogP contribution is 2.19. The lowest BCUT2D eigenvalue weighted by atomic mass is 10.5. The van der Waals surface area contributed by atoms with Gasteiger partial charge < -0.3 is 0 Å². The van der Waals surface area contributed by atoms with Crippen molar-refractivity contribution in [2.75, 3.05) is 0 Å². The first-order valence-corrected chi connectivity index (χ1v) is 3.65. The van der Waals surface area contributed by atoms with Gasteiger partial charge in [-0.1, -0.05) is 49.0 Å². The van der Waals surface area contributed by atoms with E-state index in [2.05, 4.69) is 6.58 Å². The minimum Gasteiger partial charge on any atom is -0.102 e. The summed E-state index contributed by atoms with van der Waals surface area (Å²) in [5, 5.41) is 0.0567. The molecule has 1 heteroatoms. The molecule has 0 amide bonds. The Labute approximate surface area is 67.0 Å². The molecule has 0 saturated carbocycles. The average Bonchev–Trinajstić information content (AvgIpc) is 2.05. The normalized spacial score (nSPS) is 12.5. The average molecular weight is 151 g/mol. The SMILES string of the molecule is C=CC([S])[14c]1ccccc1. The zero-order valence-electron chi connectivity index (χ0n) is 5.66. The van der Waals surface area contributed by atoms with Crippen molar-refractivity contribution >= 4 is 12.6 Å². The number of hydrogen-bond donors (Lipinski definition) is 0. The molecule has 0 nitrogen and oxygen atoms in total. The first kappa shape index (κ1) is 7.42. The van der Waals surface area contributed by atoms with Crippen LogP contribution in [0.4, 0.5) is 0 Å². The second-order valence-corrected chi connectivity index (χ2v) is 2.57. The van der Waals surface area contributed by atoms with Crippen LogP contribution in [0.15, 0.2) is 43.0 Å². The Morgan fingerprint density at radius 3 is 2.40 bits per heavy atom. The Kier molecular flexibility index (Phi) is 2.57. The monoisotopic (exact) mass is 151 g/mol. The summed E-state index contributed by atoms with van der Waals surface area (Å²) in [4.78, 5) is 0. The molecule has 0 aliphatic heterocycles. The zero-order chi connectivity index (χ0) is 7.40. The van der Waals surface area contributed by atoms with Gasteiger partial charge in [0.05, 0.1) is 5.25 Å². The van der Waals surface area contributed by atoms with Crippen LogP contribution >= 0.6 is 12.6 Å². The summed E-state index contributed by atoms with van der Waals surface area (Å²) < 4.78 is 0. The van der Waals surface area contributed by atoms with E-state index in [1.54, 1.807) is 6.08 Å². The van der Waals surface area contributed by atoms with Crippen LogP contribution in [0.2, 0.25) is 0 Å². The van der Waals surface area contributed by atoms with Crippen molar-refractivity contribution in [3.8, 4) is 0 Å². The molecule has 0 fully saturated rings. The summed E-state index contributed by atoms with van der Waals surface area (Å²) in [5.74, 6) is 0. The molecule has 0 spiro atoms. The second kappa shape index (κ2) is 3.47. The van der Waals surface area contributed by atoms with Crippen molar-refractivity contribution in [2.45, 2.75) is 5.25 Å². The van der Waals surface area contributed by atoms with Crippen molar-refractivity contribution in [1.29, 1.82) is 0 Å². The molecule has 10 heavy (non-hydrogen) atoms. The van der Waals surface area contributed by atoms with Crippen LogP contribution in [-0.2, 0) is 0 Å². The highest BCUT2D eigenvalue weighted by molar-refractivity contribution is 7.80. The molecule has 1 unspecified atom stereocenters. The number of benzene rings is 1. The Balaban J connectivity index is 2.84. The van der Waals surface area contributed by atoms with Crippen LogP contribution in [0.5, 0.6) is 0 Å². The van der Waals surface area contributed by atoms with Gasteiger partial charge in [-0.15, -0.1) is 6.58 Å². The Morgan fingerprint density at radius 1 is 1.30 bits per heavy atom. The lowest BCUT2D eigenvalue weighted by Crippen LogP contribution is -1.82. The van der Waals surface area contributed by atoms with Gasteiger partial charge in [0.1, 0.15) is 0 Å². The summed E-state index contributed by atoms with van der Waals surface area (Å²) in [6.45, 7) is 3.63. The van der Waals surface area contributed by atoms with E-state index in [4.69, 9.17) is 12.6 Å². The van der Waals surface area contributed by atoms with Crippen LogP contribution in [0, 0.1) is 0 Å². The van der Waals surface area contributed by atoms with Crippen LogP contribution in [0.1, 0.15) is 10.8 Å². The lowest BCUT2D eigenvalue weighted by Gasteiger charge is -2.01. The largest absolute Gasteiger partial charge is 0.102 e. The second-order valence-electron chi connectivity index (χ2n) is 2.07. The molecule has 0 aliphatic rings. The van der Waals surface area contributed by atoms with Crippen molar-refractivity contribution in [3.63, 3.8) is 0 Å². The van der Waals surface area contributed by atoms with Gasteiger partial charge in [0.2, 0.25) is 0 Å². The van der Waals surface area contributed by atoms with E-state index in [0.29, 0.717) is 0 Å². The minimum absolute atomic E-state index is 0.0567. The molecule has 1 atom stereocenters. The van der Waals surface area contributed by atoms with Gasteiger partial charge in [0.15, 0.2) is 0 Å². The first-order valence-electron chi connectivity index (χ1n) is 3.18. The molecule has 51 valence electrons. The molecule has 1 aromatic rings. The number of rotatable bonds is 2. The van der Waals surface area contributed by atoms with Crippen LogP contribution in [0.25, 0.3) is 0 Å². The summed E-state index contributed by atoms with van der Waals surface area (Å²) in [7, 11) is 0. The van der Waals surface area contributed by atoms with Crippen LogP contribution in [0.3, 0.4) is 0 Å². The minimum atomic E-state index is 0.0567. The molecule has 0 aliphatic carbocycles. The smallest absolute Gasteiger partial charge is 0.0578 e. The predicted octanol–water partition coefficient (Wildman–Crippen LogP) is 3.11. The molecular weight excluding hydrogens is 142 g/mol. The molecule has 1 aromatic carbocycles. The van der Waals surface area contributed by atoms with Gasteiger partial charge in [-0.05, 0) is 5.56 Å². The van der Waals surface area contributed by atoms with E-state index >= 15 is 0 Å². The molecule has 0 bridgehead atoms. The third-order valence-electron chi connectivity index (χ3n) is 1.34. The van der Waals surface area contributed by atoms with Crippen molar-refractivity contribution in [1.82, 2.24) is 0 Å². The summed E-state index contributed by atoms with van der Waals surface area (Å²) in [6.07, 6.45) is 1.77. The highest BCUT2D eigenvalue weighted by atomic mass is 32.1. The molecule has 0 heterocycles. The fourth-order valence-electron chi connectivity index (χ4n) is 0.779. The van der Waals surface area contributed by atoms with Gasteiger partial charge in [0, 0.05) is 0 Å². The molecular formula is C9H9S. The van der Waals surface area contributed by atoms with Gasteiger partial charge >= 0.3 is 0 Å². The van der Waals surface area contributed by atoms with Crippen molar-refractivity contribution in [3.05, 3.63) is 48.6 Å². The standard InChI is InChI=1S/C9H9S/c1-2-9(10)8-6-4-3-5-7-8/h2-7,9H,1H2/i8+2. The van der Waals surface area contributed by atoms with E-state index < -0.39 is 0 Å². The summed E-state index contributed by atoms with van der Waals surface area (Å²) in [6, 6.07) is 9.98. The fraction of sp³-hybridized carbons (Fsp3) is 0.111.